The van der Waals surface area contributed by atoms with E-state index >= 15 is 0 Å². The van der Waals surface area contributed by atoms with E-state index in [-0.39, 0.29) is 0 Å². The number of nitrogens with zero attached hydrogens (tertiary/aromatic N) is 6. The van der Waals surface area contributed by atoms with Gasteiger partial charge in [0.15, 0.2) is 0 Å². The van der Waals surface area contributed by atoms with Gasteiger partial charge in [0.25, 0.3) is 0 Å². The van der Waals surface area contributed by atoms with Crippen molar-refractivity contribution >= 4 is 86.7 Å². The van der Waals surface area contributed by atoms with Gasteiger partial charge in [-0.1, -0.05) is 115 Å². The summed E-state index contributed by atoms with van der Waals surface area (Å²) in [6, 6.07) is 66.9. The summed E-state index contributed by atoms with van der Waals surface area (Å²) in [5.74, 6) is 0. The van der Waals surface area contributed by atoms with Crippen LogP contribution in [0.3, 0.4) is 0 Å². The summed E-state index contributed by atoms with van der Waals surface area (Å²) in [7, 11) is 0. The largest absolute Gasteiger partial charge is 0.309 e. The third-order valence-electron chi connectivity index (χ3n) is 12.6. The van der Waals surface area contributed by atoms with Gasteiger partial charge in [0.1, 0.15) is 12.1 Å². The maximum Gasteiger partial charge on any atom is 0.101 e. The summed E-state index contributed by atoms with van der Waals surface area (Å²) in [6.45, 7) is 0. The van der Waals surface area contributed by atoms with Crippen LogP contribution < -0.4 is 0 Å². The van der Waals surface area contributed by atoms with Crippen LogP contribution in [-0.4, -0.2) is 9.13 Å². The van der Waals surface area contributed by atoms with E-state index in [4.69, 9.17) is 0 Å². The molecule has 0 saturated carbocycles. The van der Waals surface area contributed by atoms with E-state index in [1.807, 2.05) is 18.2 Å². The number of fused-ring (bicyclic) bond motifs is 14. The third-order valence-corrected chi connectivity index (χ3v) is 12.6. The predicted octanol–water partition coefficient (Wildman–Crippen LogP) is 13.6. The zero-order valence-electron chi connectivity index (χ0n) is 32.8. The molecule has 10 aromatic carbocycles. The van der Waals surface area contributed by atoms with Crippen molar-refractivity contribution in [1.29, 1.82) is 21.0 Å². The second-order valence-corrected chi connectivity index (χ2v) is 15.7. The monoisotopic (exact) mass is 784 g/mol. The quantitative estimate of drug-likeness (QED) is 0.178. The molecule has 6 nitrogen and oxygen atoms in total. The van der Waals surface area contributed by atoms with Gasteiger partial charge in [0.2, 0.25) is 0 Å². The normalized spacial score (nSPS) is 11.5. The first-order chi connectivity index (χ1) is 30.6. The zero-order chi connectivity index (χ0) is 41.6. The van der Waals surface area contributed by atoms with E-state index in [9.17, 15) is 21.0 Å². The molecule has 0 saturated heterocycles. The molecule has 0 aliphatic heterocycles. The van der Waals surface area contributed by atoms with E-state index in [0.29, 0.717) is 27.9 Å². The fourth-order valence-electron chi connectivity index (χ4n) is 10.1. The molecule has 0 aliphatic carbocycles. The van der Waals surface area contributed by atoms with Gasteiger partial charge < -0.3 is 9.13 Å². The number of aromatic nitrogens is 2. The lowest BCUT2D eigenvalue weighted by atomic mass is 9.90. The third kappa shape index (κ3) is 4.75. The summed E-state index contributed by atoms with van der Waals surface area (Å²) in [6.07, 6.45) is 0. The molecule has 2 heterocycles. The van der Waals surface area contributed by atoms with Crippen LogP contribution in [0.5, 0.6) is 0 Å². The van der Waals surface area contributed by atoms with Crippen molar-refractivity contribution in [3.63, 3.8) is 0 Å². The Bertz CT molecular complexity index is 4090. The van der Waals surface area contributed by atoms with Crippen LogP contribution in [-0.2, 0) is 0 Å². The average molecular weight is 785 g/mol. The Labute approximate surface area is 354 Å². The van der Waals surface area contributed by atoms with Gasteiger partial charge in [-0.05, 0) is 109 Å². The van der Waals surface area contributed by atoms with Crippen molar-refractivity contribution in [1.82, 2.24) is 9.13 Å². The Morgan fingerprint density at radius 3 is 1.23 bits per heavy atom. The van der Waals surface area contributed by atoms with Crippen molar-refractivity contribution in [2.24, 2.45) is 0 Å². The van der Waals surface area contributed by atoms with Gasteiger partial charge in [-0.3, -0.25) is 0 Å². The fraction of sp³-hybridized carbons (Fsp3) is 0. The first kappa shape index (κ1) is 34.8. The second-order valence-electron chi connectivity index (χ2n) is 15.7. The molecule has 0 unspecified atom stereocenters. The van der Waals surface area contributed by atoms with Crippen LogP contribution in [0.4, 0.5) is 0 Å². The fourth-order valence-corrected chi connectivity index (χ4v) is 10.1. The van der Waals surface area contributed by atoms with E-state index in [2.05, 4.69) is 161 Å². The maximum absolute atomic E-state index is 10.4. The van der Waals surface area contributed by atoms with Crippen LogP contribution in [0.25, 0.3) is 109 Å². The van der Waals surface area contributed by atoms with Crippen molar-refractivity contribution in [2.75, 3.05) is 0 Å². The van der Waals surface area contributed by atoms with Crippen LogP contribution in [0, 0.1) is 45.3 Å². The molecule has 0 spiro atoms. The summed E-state index contributed by atoms with van der Waals surface area (Å²) in [4.78, 5) is 0. The molecule has 62 heavy (non-hydrogen) atoms. The molecule has 0 bridgehead atoms. The minimum Gasteiger partial charge on any atom is -0.309 e. The van der Waals surface area contributed by atoms with Crippen LogP contribution in [0.15, 0.2) is 170 Å². The standard InChI is InChI=1S/C56H28N6/c57-29-33-26-34(30-58)28-39(27-33)61-48-22-18-35-8-1-3-12-40(35)52(48)54-46-16-6-14-42(44(46)20-24-49(54)61)43-15-7-17-47-45(43)21-25-51-55(47)53-41-13-4-2-9-36(41)19-23-50(53)62(51)56-37(31-59)10-5-11-38(56)32-60/h1-28H. The van der Waals surface area contributed by atoms with E-state index in [1.54, 1.807) is 24.3 Å². The predicted molar refractivity (Wildman–Crippen MR) is 249 cm³/mol. The Balaban J connectivity index is 1.19. The maximum atomic E-state index is 10.4. The van der Waals surface area contributed by atoms with E-state index < -0.39 is 0 Å². The van der Waals surface area contributed by atoms with Crippen LogP contribution in [0.1, 0.15) is 22.3 Å². The SMILES string of the molecule is N#Cc1cc(C#N)cc(-n2c3ccc4ccccc4c3c3c4cccc(-c5cccc6c5ccc5c6c6c7ccccc7ccc6n5-c5c(C#N)cccc5C#N)c4ccc32)c1. The number of nitriles is 4. The molecule has 6 heteroatoms. The molecule has 2 aromatic heterocycles. The molecule has 282 valence electrons. The van der Waals surface area contributed by atoms with Crippen molar-refractivity contribution in [3.8, 4) is 46.8 Å². The molecule has 12 rings (SSSR count). The van der Waals surface area contributed by atoms with Gasteiger partial charge in [-0.2, -0.15) is 21.0 Å². The van der Waals surface area contributed by atoms with Gasteiger partial charge in [-0.25, -0.2) is 0 Å². The zero-order valence-corrected chi connectivity index (χ0v) is 32.8. The van der Waals surface area contributed by atoms with Gasteiger partial charge in [-0.15, -0.1) is 0 Å². The van der Waals surface area contributed by atoms with Crippen molar-refractivity contribution < 1.29 is 0 Å². The molecule has 0 amide bonds. The summed E-state index contributed by atoms with van der Waals surface area (Å²) < 4.78 is 4.28. The summed E-state index contributed by atoms with van der Waals surface area (Å²) in [5, 5.41) is 53.7. The Hall–Kier alpha value is -9.20. The molecule has 0 atom stereocenters. The first-order valence-corrected chi connectivity index (χ1v) is 20.2. The first-order valence-electron chi connectivity index (χ1n) is 20.2. The molecule has 0 N–H and O–H groups in total. The molecule has 0 radical (unpaired) electrons. The highest BCUT2D eigenvalue weighted by atomic mass is 15.0. The number of hydrogen-bond acceptors (Lipinski definition) is 4. The smallest absolute Gasteiger partial charge is 0.101 e. The van der Waals surface area contributed by atoms with Crippen molar-refractivity contribution in [3.05, 3.63) is 192 Å². The van der Waals surface area contributed by atoms with Crippen molar-refractivity contribution in [2.45, 2.75) is 0 Å². The Morgan fingerprint density at radius 1 is 0.323 bits per heavy atom. The summed E-state index contributed by atoms with van der Waals surface area (Å²) >= 11 is 0. The van der Waals surface area contributed by atoms with E-state index in [1.165, 1.54) is 0 Å². The van der Waals surface area contributed by atoms with Gasteiger partial charge in [0, 0.05) is 27.2 Å². The van der Waals surface area contributed by atoms with Crippen LogP contribution in [0.2, 0.25) is 0 Å². The Kier molecular flexibility index (Phi) is 7.39. The number of para-hydroxylation sites is 1. The topological polar surface area (TPSA) is 105 Å². The number of benzene rings is 10. The molecular weight excluding hydrogens is 757 g/mol. The van der Waals surface area contributed by atoms with Gasteiger partial charge in [0.05, 0.1) is 62.1 Å². The average Bonchev–Trinajstić information content (AvgIpc) is 3.87. The number of hydrogen-bond donors (Lipinski definition) is 0. The lowest BCUT2D eigenvalue weighted by Gasteiger charge is -2.14. The lowest BCUT2D eigenvalue weighted by molar-refractivity contribution is 1.16. The minimum absolute atomic E-state index is 0.430. The highest BCUT2D eigenvalue weighted by Gasteiger charge is 2.23. The molecule has 0 fully saturated rings. The highest BCUT2D eigenvalue weighted by molar-refractivity contribution is 6.32. The summed E-state index contributed by atoms with van der Waals surface area (Å²) in [5.41, 5.74) is 9.05. The minimum atomic E-state index is 0.430. The van der Waals surface area contributed by atoms with E-state index in [0.717, 1.165) is 104 Å². The molecular formula is C56H28N6. The van der Waals surface area contributed by atoms with Crippen LogP contribution >= 0.6 is 0 Å². The lowest BCUT2D eigenvalue weighted by Crippen LogP contribution is -2.01. The van der Waals surface area contributed by atoms with Gasteiger partial charge >= 0.3 is 0 Å². The second kappa shape index (κ2) is 13.2. The number of rotatable bonds is 3. The Morgan fingerprint density at radius 2 is 0.742 bits per heavy atom. The molecule has 0 aliphatic rings. The highest BCUT2D eigenvalue weighted by Crippen LogP contribution is 2.46. The molecule has 12 aromatic rings.